The topological polar surface area (TPSA) is 81.7 Å². The number of likely N-dealkylation sites (N-methyl/N-ethyl adjacent to an activating group) is 1. The van der Waals surface area contributed by atoms with Crippen LogP contribution in [0.5, 0.6) is 5.75 Å². The number of aromatic nitrogens is 3. The Morgan fingerprint density at radius 3 is 2.32 bits per heavy atom. The van der Waals surface area contributed by atoms with E-state index in [1.54, 1.807) is 7.11 Å². The lowest BCUT2D eigenvalue weighted by molar-refractivity contribution is 0.0981. The van der Waals surface area contributed by atoms with E-state index in [4.69, 9.17) is 14.7 Å². The van der Waals surface area contributed by atoms with E-state index in [-0.39, 0.29) is 0 Å². The molecule has 37 heavy (non-hydrogen) atoms. The summed E-state index contributed by atoms with van der Waals surface area (Å²) in [5.74, 6) is 2.42. The molecule has 0 aliphatic carbocycles. The molecule has 4 heterocycles. The van der Waals surface area contributed by atoms with Crippen LogP contribution in [0.2, 0.25) is 0 Å². The van der Waals surface area contributed by atoms with Gasteiger partial charge in [0.1, 0.15) is 22.6 Å². The minimum Gasteiger partial charge on any atom is -0.495 e. The molecule has 5 rings (SSSR count). The lowest BCUT2D eigenvalue weighted by Gasteiger charge is -2.42. The van der Waals surface area contributed by atoms with Gasteiger partial charge in [-0.05, 0) is 44.0 Å². The molecule has 2 aliphatic rings. The number of methoxy groups -OCH3 is 1. The zero-order valence-corrected chi connectivity index (χ0v) is 22.8. The summed E-state index contributed by atoms with van der Waals surface area (Å²) in [6.07, 6.45) is 5.05. The van der Waals surface area contributed by atoms with E-state index in [0.717, 1.165) is 70.4 Å². The van der Waals surface area contributed by atoms with Gasteiger partial charge in [-0.3, -0.25) is 4.90 Å². The molecule has 1 aromatic carbocycles. The Bertz CT molecular complexity index is 1230. The molecule has 9 nitrogen and oxygen atoms in total. The molecule has 0 unspecified atom stereocenters. The predicted octanol–water partition coefficient (Wildman–Crippen LogP) is 3.56. The minimum atomic E-state index is 0.686. The fourth-order valence-corrected chi connectivity index (χ4v) is 5.68. The molecule has 3 aromatic rings. The van der Waals surface area contributed by atoms with Gasteiger partial charge in [0.05, 0.1) is 18.5 Å². The van der Waals surface area contributed by atoms with Crippen LogP contribution in [0.1, 0.15) is 25.5 Å². The highest BCUT2D eigenvalue weighted by atomic mass is 16.5. The Morgan fingerprint density at radius 1 is 0.946 bits per heavy atom. The summed E-state index contributed by atoms with van der Waals surface area (Å²) in [7, 11) is 7.73. The summed E-state index contributed by atoms with van der Waals surface area (Å²) >= 11 is 0. The molecule has 0 bridgehead atoms. The van der Waals surface area contributed by atoms with Crippen molar-refractivity contribution >= 4 is 28.4 Å². The smallest absolute Gasteiger partial charge is 0.153 e. The van der Waals surface area contributed by atoms with Crippen LogP contribution in [0.3, 0.4) is 0 Å². The summed E-state index contributed by atoms with van der Waals surface area (Å²) in [6.45, 7) is 8.90. The number of piperidine rings is 1. The maximum Gasteiger partial charge on any atom is 0.153 e. The first-order valence-electron chi connectivity index (χ1n) is 13.5. The number of hydrogen-bond acceptors (Lipinski definition) is 9. The van der Waals surface area contributed by atoms with Gasteiger partial charge in [0.25, 0.3) is 0 Å². The highest BCUT2D eigenvalue weighted by Gasteiger charge is 2.28. The number of piperazine rings is 1. The third-order valence-electron chi connectivity index (χ3n) is 7.93. The maximum atomic E-state index is 5.92. The van der Waals surface area contributed by atoms with E-state index < -0.39 is 0 Å². The van der Waals surface area contributed by atoms with Crippen molar-refractivity contribution in [2.45, 2.75) is 32.2 Å². The molecule has 0 spiro atoms. The Kier molecular flexibility index (Phi) is 7.62. The van der Waals surface area contributed by atoms with E-state index in [1.165, 1.54) is 39.0 Å². The van der Waals surface area contributed by atoms with Crippen molar-refractivity contribution in [2.75, 3.05) is 83.1 Å². The number of pyridine rings is 1. The van der Waals surface area contributed by atoms with Crippen LogP contribution in [0.4, 0.5) is 17.3 Å². The molecule has 0 saturated carbocycles. The lowest BCUT2D eigenvalue weighted by atomic mass is 10.00. The van der Waals surface area contributed by atoms with Crippen molar-refractivity contribution in [3.63, 3.8) is 0 Å². The summed E-state index contributed by atoms with van der Waals surface area (Å²) in [4.78, 5) is 22.1. The number of ether oxygens (including phenoxy) is 1. The zero-order chi connectivity index (χ0) is 25.9. The normalized spacial score (nSPS) is 17.8. The Morgan fingerprint density at radius 2 is 1.68 bits per heavy atom. The SMILES string of the molecule is CCc1nc2c(NC)ncc(-c3ccc(N4CCC(N5CCN(C)CC5)CC4)c(OC)c3)c2nc1NC. The minimum absolute atomic E-state index is 0.686. The molecular formula is C28H40N8O. The van der Waals surface area contributed by atoms with Gasteiger partial charge >= 0.3 is 0 Å². The number of benzene rings is 1. The second-order valence-electron chi connectivity index (χ2n) is 10.0. The number of nitrogens with zero attached hydrogens (tertiary/aromatic N) is 6. The molecule has 2 aliphatic heterocycles. The van der Waals surface area contributed by atoms with Gasteiger partial charge in [0.2, 0.25) is 0 Å². The molecular weight excluding hydrogens is 464 g/mol. The standard InChI is InChI=1S/C28H40N8O/c1-6-22-27(29-2)33-25-21(18-31-28(30-3)26(25)32-22)19-7-8-23(24(17-19)37-5)36-11-9-20(10-12-36)35-15-13-34(4)14-16-35/h7-8,17-18,20H,6,9-16H2,1-5H3,(H,29,33)(H,30,31). The van der Waals surface area contributed by atoms with Gasteiger partial charge < -0.3 is 25.2 Å². The molecule has 198 valence electrons. The van der Waals surface area contributed by atoms with Crippen molar-refractivity contribution in [2.24, 2.45) is 0 Å². The highest BCUT2D eigenvalue weighted by Crippen LogP contribution is 2.38. The number of nitrogens with one attached hydrogen (secondary N) is 2. The largest absolute Gasteiger partial charge is 0.495 e. The number of anilines is 3. The van der Waals surface area contributed by atoms with Gasteiger partial charge in [0.15, 0.2) is 5.82 Å². The van der Waals surface area contributed by atoms with Crippen LogP contribution >= 0.6 is 0 Å². The van der Waals surface area contributed by atoms with Crippen LogP contribution in [-0.4, -0.2) is 98.3 Å². The summed E-state index contributed by atoms with van der Waals surface area (Å²) in [5.41, 5.74) is 5.65. The number of aryl methyl sites for hydroxylation is 1. The quantitative estimate of drug-likeness (QED) is 0.502. The van der Waals surface area contributed by atoms with Crippen LogP contribution in [-0.2, 0) is 6.42 Å². The van der Waals surface area contributed by atoms with E-state index in [9.17, 15) is 0 Å². The fraction of sp³-hybridized carbons (Fsp3) is 0.536. The van der Waals surface area contributed by atoms with Gasteiger partial charge in [-0.15, -0.1) is 0 Å². The van der Waals surface area contributed by atoms with Crippen LogP contribution < -0.4 is 20.3 Å². The molecule has 2 aromatic heterocycles. The van der Waals surface area contributed by atoms with Gasteiger partial charge in [-0.2, -0.15) is 0 Å². The second kappa shape index (κ2) is 11.1. The van der Waals surface area contributed by atoms with E-state index >= 15 is 0 Å². The molecule has 2 N–H and O–H groups in total. The van der Waals surface area contributed by atoms with Gasteiger partial charge in [0, 0.05) is 71.2 Å². The van der Waals surface area contributed by atoms with Crippen molar-refractivity contribution in [1.82, 2.24) is 24.8 Å². The molecule has 0 atom stereocenters. The third-order valence-corrected chi connectivity index (χ3v) is 7.93. The highest BCUT2D eigenvalue weighted by molar-refractivity contribution is 5.98. The Hall–Kier alpha value is -3.17. The zero-order valence-electron chi connectivity index (χ0n) is 22.8. The molecule has 2 saturated heterocycles. The van der Waals surface area contributed by atoms with Gasteiger partial charge in [-0.1, -0.05) is 13.0 Å². The summed E-state index contributed by atoms with van der Waals surface area (Å²) in [5, 5.41) is 6.38. The second-order valence-corrected chi connectivity index (χ2v) is 10.0. The summed E-state index contributed by atoms with van der Waals surface area (Å²) < 4.78 is 5.92. The first kappa shape index (κ1) is 25.5. The predicted molar refractivity (Wildman–Crippen MR) is 152 cm³/mol. The average Bonchev–Trinajstić information content (AvgIpc) is 2.96. The number of rotatable bonds is 7. The first-order chi connectivity index (χ1) is 18.1. The maximum absolute atomic E-state index is 5.92. The lowest BCUT2D eigenvalue weighted by Crippen LogP contribution is -2.52. The Balaban J connectivity index is 1.42. The van der Waals surface area contributed by atoms with E-state index in [2.05, 4.69) is 62.5 Å². The van der Waals surface area contributed by atoms with Gasteiger partial charge in [-0.25, -0.2) is 15.0 Å². The van der Waals surface area contributed by atoms with Crippen LogP contribution in [0.15, 0.2) is 24.4 Å². The molecule has 0 radical (unpaired) electrons. The number of fused-ring (bicyclic) bond motifs is 1. The van der Waals surface area contributed by atoms with Crippen molar-refractivity contribution in [1.29, 1.82) is 0 Å². The van der Waals surface area contributed by atoms with E-state index in [1.807, 2.05) is 20.3 Å². The van der Waals surface area contributed by atoms with Crippen molar-refractivity contribution in [3.05, 3.63) is 30.1 Å². The van der Waals surface area contributed by atoms with Crippen molar-refractivity contribution < 1.29 is 4.74 Å². The monoisotopic (exact) mass is 504 g/mol. The summed E-state index contributed by atoms with van der Waals surface area (Å²) in [6, 6.07) is 7.15. The molecule has 2 fully saturated rings. The van der Waals surface area contributed by atoms with E-state index in [0.29, 0.717) is 6.04 Å². The Labute approximate surface area is 220 Å². The molecule has 9 heteroatoms. The average molecular weight is 505 g/mol. The number of hydrogen-bond donors (Lipinski definition) is 2. The first-order valence-corrected chi connectivity index (χ1v) is 13.5. The molecule has 0 amide bonds. The third kappa shape index (κ3) is 5.02. The van der Waals surface area contributed by atoms with Crippen molar-refractivity contribution in [3.8, 4) is 16.9 Å². The van der Waals surface area contributed by atoms with Crippen LogP contribution in [0, 0.1) is 0 Å². The fourth-order valence-electron chi connectivity index (χ4n) is 5.68. The van der Waals surface area contributed by atoms with Crippen LogP contribution in [0.25, 0.3) is 22.2 Å².